The topological polar surface area (TPSA) is 94.7 Å². The fourth-order valence-corrected chi connectivity index (χ4v) is 2.07. The molecule has 0 radical (unpaired) electrons. The zero-order chi connectivity index (χ0) is 14.4. The number of nitrogens with one attached hydrogen (secondary N) is 2. The highest BCUT2D eigenvalue weighted by molar-refractivity contribution is 5.96. The molecule has 2 rings (SSSR count). The van der Waals surface area contributed by atoms with Gasteiger partial charge in [0.05, 0.1) is 18.8 Å². The Bertz CT molecular complexity index is 509. The number of pyridine rings is 1. The Morgan fingerprint density at radius 1 is 1.45 bits per heavy atom. The van der Waals surface area contributed by atoms with Crippen LogP contribution in [0.25, 0.3) is 0 Å². The van der Waals surface area contributed by atoms with E-state index in [9.17, 15) is 14.7 Å². The molecule has 1 aromatic rings. The van der Waals surface area contributed by atoms with E-state index in [1.165, 1.54) is 6.20 Å². The highest BCUT2D eigenvalue weighted by Crippen LogP contribution is 2.11. The number of aromatic hydroxyl groups is 1. The largest absolute Gasteiger partial charge is 0.507 e. The Balaban J connectivity index is 1.73. The van der Waals surface area contributed by atoms with Gasteiger partial charge in [0.2, 0.25) is 0 Å². The SMILES string of the molecule is O=C(NCCCN1CCOCC1)c1c[nH]c(=O)cc1O. The summed E-state index contributed by atoms with van der Waals surface area (Å²) >= 11 is 0. The van der Waals surface area contributed by atoms with Gasteiger partial charge in [-0.1, -0.05) is 0 Å². The van der Waals surface area contributed by atoms with Crippen molar-refractivity contribution in [3.05, 3.63) is 28.2 Å². The van der Waals surface area contributed by atoms with E-state index < -0.39 is 5.56 Å². The standard InChI is InChI=1S/C13H19N3O4/c17-11-8-12(18)15-9-10(11)13(19)14-2-1-3-16-4-6-20-7-5-16/h8-9H,1-7H2,(H,14,19)(H2,15,17,18). The van der Waals surface area contributed by atoms with Gasteiger partial charge in [0, 0.05) is 31.9 Å². The van der Waals surface area contributed by atoms with Gasteiger partial charge >= 0.3 is 0 Å². The van der Waals surface area contributed by atoms with Crippen LogP contribution in [-0.2, 0) is 4.74 Å². The highest BCUT2D eigenvalue weighted by atomic mass is 16.5. The molecule has 0 spiro atoms. The third-order valence-corrected chi connectivity index (χ3v) is 3.19. The van der Waals surface area contributed by atoms with Crippen molar-refractivity contribution in [2.45, 2.75) is 6.42 Å². The summed E-state index contributed by atoms with van der Waals surface area (Å²) in [7, 11) is 0. The van der Waals surface area contributed by atoms with Crippen LogP contribution < -0.4 is 10.9 Å². The number of morpholine rings is 1. The summed E-state index contributed by atoms with van der Waals surface area (Å²) in [5.41, 5.74) is -0.359. The van der Waals surface area contributed by atoms with E-state index in [4.69, 9.17) is 4.74 Å². The molecule has 1 aromatic heterocycles. The lowest BCUT2D eigenvalue weighted by molar-refractivity contribution is 0.0374. The van der Waals surface area contributed by atoms with E-state index in [-0.39, 0.29) is 17.2 Å². The van der Waals surface area contributed by atoms with Crippen molar-refractivity contribution in [2.24, 2.45) is 0 Å². The maximum atomic E-state index is 11.8. The van der Waals surface area contributed by atoms with Gasteiger partial charge in [-0.25, -0.2) is 0 Å². The summed E-state index contributed by atoms with van der Waals surface area (Å²) in [4.78, 5) is 27.4. The fraction of sp³-hybridized carbons (Fsp3) is 0.538. The maximum absolute atomic E-state index is 11.8. The maximum Gasteiger partial charge on any atom is 0.256 e. The molecule has 0 bridgehead atoms. The van der Waals surface area contributed by atoms with E-state index in [1.54, 1.807) is 0 Å². The molecular weight excluding hydrogens is 262 g/mol. The van der Waals surface area contributed by atoms with Crippen molar-refractivity contribution in [2.75, 3.05) is 39.4 Å². The molecule has 0 aliphatic carbocycles. The number of hydrogen-bond donors (Lipinski definition) is 3. The average Bonchev–Trinajstić information content (AvgIpc) is 2.44. The van der Waals surface area contributed by atoms with E-state index >= 15 is 0 Å². The minimum absolute atomic E-state index is 0.0796. The molecule has 0 aromatic carbocycles. The molecule has 20 heavy (non-hydrogen) atoms. The van der Waals surface area contributed by atoms with Crippen LogP contribution in [0.5, 0.6) is 5.75 Å². The number of nitrogens with zero attached hydrogens (tertiary/aromatic N) is 1. The first-order chi connectivity index (χ1) is 9.66. The second-order valence-corrected chi connectivity index (χ2v) is 4.66. The minimum Gasteiger partial charge on any atom is -0.507 e. The summed E-state index contributed by atoms with van der Waals surface area (Å²) in [5.74, 6) is -0.694. The summed E-state index contributed by atoms with van der Waals surface area (Å²) in [6, 6.07) is 0.989. The molecule has 0 atom stereocenters. The molecule has 1 saturated heterocycles. The first-order valence-electron chi connectivity index (χ1n) is 6.67. The third-order valence-electron chi connectivity index (χ3n) is 3.19. The van der Waals surface area contributed by atoms with E-state index in [1.807, 2.05) is 0 Å². The molecule has 0 unspecified atom stereocenters. The van der Waals surface area contributed by atoms with Crippen LogP contribution in [0.15, 0.2) is 17.1 Å². The number of H-pyrrole nitrogens is 1. The summed E-state index contributed by atoms with van der Waals surface area (Å²) in [6.07, 6.45) is 2.05. The van der Waals surface area contributed by atoms with E-state index in [0.29, 0.717) is 6.54 Å². The number of rotatable bonds is 5. The van der Waals surface area contributed by atoms with Crippen LogP contribution in [-0.4, -0.2) is 60.3 Å². The number of aromatic amines is 1. The molecule has 7 heteroatoms. The molecule has 0 saturated carbocycles. The molecule has 1 aliphatic heterocycles. The first kappa shape index (κ1) is 14.5. The molecule has 1 amide bonds. The molecule has 1 aliphatic rings. The summed E-state index contributed by atoms with van der Waals surface area (Å²) < 4.78 is 5.26. The van der Waals surface area contributed by atoms with Crippen molar-refractivity contribution < 1.29 is 14.6 Å². The third kappa shape index (κ3) is 4.07. The average molecular weight is 281 g/mol. The Labute approximate surface area is 116 Å². The molecule has 7 nitrogen and oxygen atoms in total. The fourth-order valence-electron chi connectivity index (χ4n) is 2.07. The Morgan fingerprint density at radius 2 is 2.20 bits per heavy atom. The van der Waals surface area contributed by atoms with Gasteiger partial charge in [-0.15, -0.1) is 0 Å². The number of hydrogen-bond acceptors (Lipinski definition) is 5. The Morgan fingerprint density at radius 3 is 2.90 bits per heavy atom. The minimum atomic E-state index is -0.439. The molecule has 3 N–H and O–H groups in total. The van der Waals surface area contributed by atoms with Gasteiger partial charge in [0.15, 0.2) is 0 Å². The molecule has 2 heterocycles. The van der Waals surface area contributed by atoms with Gasteiger partial charge in [-0.3, -0.25) is 14.5 Å². The van der Waals surface area contributed by atoms with Gasteiger partial charge < -0.3 is 20.1 Å². The van der Waals surface area contributed by atoms with Crippen molar-refractivity contribution in [1.82, 2.24) is 15.2 Å². The second-order valence-electron chi connectivity index (χ2n) is 4.66. The van der Waals surface area contributed by atoms with Crippen LogP contribution in [0, 0.1) is 0 Å². The smallest absolute Gasteiger partial charge is 0.256 e. The number of amides is 1. The monoisotopic (exact) mass is 281 g/mol. The number of aromatic nitrogens is 1. The zero-order valence-electron chi connectivity index (χ0n) is 11.2. The van der Waals surface area contributed by atoms with Crippen LogP contribution in [0.3, 0.4) is 0 Å². The van der Waals surface area contributed by atoms with Gasteiger partial charge in [0.25, 0.3) is 11.5 Å². The summed E-state index contributed by atoms with van der Waals surface area (Å²) in [5, 5.41) is 12.2. The normalized spacial score (nSPS) is 16.0. The zero-order valence-corrected chi connectivity index (χ0v) is 11.2. The van der Waals surface area contributed by atoms with Crippen LogP contribution in [0.1, 0.15) is 16.8 Å². The molecular formula is C13H19N3O4. The lowest BCUT2D eigenvalue weighted by atomic mass is 10.2. The van der Waals surface area contributed by atoms with Gasteiger partial charge in [-0.05, 0) is 13.0 Å². The Hall–Kier alpha value is -1.86. The number of carbonyl (C=O) groups is 1. The van der Waals surface area contributed by atoms with E-state index in [2.05, 4.69) is 15.2 Å². The predicted octanol–water partition coefficient (Wildman–Crippen LogP) is -0.467. The Kier molecular flexibility index (Phi) is 5.14. The summed E-state index contributed by atoms with van der Waals surface area (Å²) in [6.45, 7) is 4.80. The highest BCUT2D eigenvalue weighted by Gasteiger charge is 2.12. The number of carbonyl (C=O) groups excluding carboxylic acids is 1. The second kappa shape index (κ2) is 7.06. The van der Waals surface area contributed by atoms with Crippen molar-refractivity contribution >= 4 is 5.91 Å². The lowest BCUT2D eigenvalue weighted by Gasteiger charge is -2.26. The van der Waals surface area contributed by atoms with E-state index in [0.717, 1.165) is 45.3 Å². The van der Waals surface area contributed by atoms with Gasteiger partial charge in [-0.2, -0.15) is 0 Å². The quantitative estimate of drug-likeness (QED) is 0.634. The molecule has 1 fully saturated rings. The van der Waals surface area contributed by atoms with Crippen molar-refractivity contribution in [1.29, 1.82) is 0 Å². The predicted molar refractivity (Wildman–Crippen MR) is 72.9 cm³/mol. The van der Waals surface area contributed by atoms with Gasteiger partial charge in [0.1, 0.15) is 5.75 Å². The first-order valence-corrected chi connectivity index (χ1v) is 6.67. The van der Waals surface area contributed by atoms with Crippen molar-refractivity contribution in [3.63, 3.8) is 0 Å². The number of ether oxygens (including phenoxy) is 1. The van der Waals surface area contributed by atoms with Crippen LogP contribution in [0.2, 0.25) is 0 Å². The van der Waals surface area contributed by atoms with Crippen LogP contribution >= 0.6 is 0 Å². The lowest BCUT2D eigenvalue weighted by Crippen LogP contribution is -2.38. The van der Waals surface area contributed by atoms with Crippen molar-refractivity contribution in [3.8, 4) is 5.75 Å². The molecule has 110 valence electrons. The van der Waals surface area contributed by atoms with Crippen LogP contribution in [0.4, 0.5) is 0 Å².